The molecule has 0 radical (unpaired) electrons. The van der Waals surface area contributed by atoms with Gasteiger partial charge in [-0.25, -0.2) is 0 Å². The Morgan fingerprint density at radius 1 is 1.69 bits per heavy atom. The summed E-state index contributed by atoms with van der Waals surface area (Å²) in [6, 6.07) is -0.428. The van der Waals surface area contributed by atoms with Gasteiger partial charge in [0.2, 0.25) is 11.8 Å². The van der Waals surface area contributed by atoms with E-state index in [2.05, 4.69) is 10.6 Å². The molecule has 0 aromatic rings. The monoisotopic (exact) mass is 227 g/mol. The molecule has 92 valence electrons. The molecule has 0 spiro atoms. The van der Waals surface area contributed by atoms with Crippen LogP contribution in [-0.2, 0) is 9.59 Å². The smallest absolute Gasteiger partial charge is 0.237 e. The Morgan fingerprint density at radius 3 is 2.88 bits per heavy atom. The van der Waals surface area contributed by atoms with E-state index >= 15 is 0 Å². The second-order valence-corrected chi connectivity index (χ2v) is 4.46. The number of hydrogen-bond donors (Lipinski definition) is 3. The van der Waals surface area contributed by atoms with Gasteiger partial charge in [0.15, 0.2) is 0 Å². The molecule has 1 heterocycles. The van der Waals surface area contributed by atoms with E-state index in [0.717, 1.165) is 6.42 Å². The average molecular weight is 227 g/mol. The first-order valence-electron chi connectivity index (χ1n) is 5.87. The van der Waals surface area contributed by atoms with Crippen molar-refractivity contribution in [2.24, 2.45) is 11.7 Å². The topological polar surface area (TPSA) is 84.2 Å². The van der Waals surface area contributed by atoms with E-state index in [4.69, 9.17) is 5.73 Å². The van der Waals surface area contributed by atoms with Crippen molar-refractivity contribution in [1.29, 1.82) is 0 Å². The molecule has 1 rings (SSSR count). The van der Waals surface area contributed by atoms with Crippen molar-refractivity contribution < 1.29 is 9.59 Å². The molecule has 2 unspecified atom stereocenters. The average Bonchev–Trinajstić information content (AvgIpc) is 2.30. The van der Waals surface area contributed by atoms with Crippen LogP contribution in [0.1, 0.15) is 33.1 Å². The van der Waals surface area contributed by atoms with E-state index in [1.165, 1.54) is 0 Å². The molecular weight excluding hydrogens is 206 g/mol. The fourth-order valence-corrected chi connectivity index (χ4v) is 1.67. The van der Waals surface area contributed by atoms with Crippen molar-refractivity contribution in [1.82, 2.24) is 10.6 Å². The summed E-state index contributed by atoms with van der Waals surface area (Å²) in [5.74, 6) is 0.116. The molecule has 0 aromatic heterocycles. The van der Waals surface area contributed by atoms with Crippen LogP contribution in [0, 0.1) is 5.92 Å². The zero-order valence-corrected chi connectivity index (χ0v) is 9.95. The van der Waals surface area contributed by atoms with E-state index in [-0.39, 0.29) is 23.8 Å². The molecule has 5 nitrogen and oxygen atoms in total. The van der Waals surface area contributed by atoms with Crippen LogP contribution in [0.15, 0.2) is 0 Å². The molecular formula is C11H21N3O2. The minimum absolute atomic E-state index is 0.0281. The normalized spacial score (nSPS) is 24.4. The first-order chi connectivity index (χ1) is 7.54. The van der Waals surface area contributed by atoms with Crippen LogP contribution in [0.25, 0.3) is 0 Å². The molecule has 16 heavy (non-hydrogen) atoms. The summed E-state index contributed by atoms with van der Waals surface area (Å²) in [7, 11) is 0. The molecule has 1 saturated heterocycles. The molecule has 0 bridgehead atoms. The lowest BCUT2D eigenvalue weighted by Crippen LogP contribution is -2.53. The number of amides is 2. The number of piperidine rings is 1. The van der Waals surface area contributed by atoms with Gasteiger partial charge >= 0.3 is 0 Å². The molecule has 1 aliphatic rings. The van der Waals surface area contributed by atoms with Gasteiger partial charge in [-0.05, 0) is 12.3 Å². The maximum Gasteiger partial charge on any atom is 0.237 e. The second-order valence-electron chi connectivity index (χ2n) is 4.46. The highest BCUT2D eigenvalue weighted by Gasteiger charge is 2.24. The number of rotatable bonds is 4. The van der Waals surface area contributed by atoms with Gasteiger partial charge in [0.25, 0.3) is 0 Å². The predicted molar refractivity (Wildman–Crippen MR) is 61.6 cm³/mol. The van der Waals surface area contributed by atoms with Gasteiger partial charge in [-0.3, -0.25) is 9.59 Å². The zero-order valence-electron chi connectivity index (χ0n) is 9.95. The van der Waals surface area contributed by atoms with Crippen LogP contribution in [0.4, 0.5) is 0 Å². The first kappa shape index (κ1) is 13.0. The number of carbonyl (C=O) groups is 2. The van der Waals surface area contributed by atoms with Crippen molar-refractivity contribution >= 4 is 11.8 Å². The van der Waals surface area contributed by atoms with Gasteiger partial charge < -0.3 is 16.4 Å². The quantitative estimate of drug-likeness (QED) is 0.619. The third-order valence-electron chi connectivity index (χ3n) is 3.17. The first-order valence-corrected chi connectivity index (χ1v) is 5.87. The van der Waals surface area contributed by atoms with E-state index in [0.29, 0.717) is 19.4 Å². The Morgan fingerprint density at radius 2 is 2.38 bits per heavy atom. The van der Waals surface area contributed by atoms with Crippen LogP contribution in [-0.4, -0.2) is 30.4 Å². The summed E-state index contributed by atoms with van der Waals surface area (Å²) < 4.78 is 0. The highest BCUT2D eigenvalue weighted by atomic mass is 16.2. The Hall–Kier alpha value is -1.10. The van der Waals surface area contributed by atoms with Crippen molar-refractivity contribution in [3.63, 3.8) is 0 Å². The van der Waals surface area contributed by atoms with Gasteiger partial charge in [0.05, 0.1) is 6.04 Å². The van der Waals surface area contributed by atoms with E-state index < -0.39 is 6.04 Å². The lowest BCUT2D eigenvalue weighted by Gasteiger charge is -2.26. The molecule has 1 aliphatic heterocycles. The summed E-state index contributed by atoms with van der Waals surface area (Å²) in [5, 5.41) is 5.60. The maximum atomic E-state index is 11.7. The number of carbonyl (C=O) groups excluding carboxylic acids is 2. The van der Waals surface area contributed by atoms with Crippen LogP contribution in [0.2, 0.25) is 0 Å². The lowest BCUT2D eigenvalue weighted by atomic mass is 9.98. The minimum Gasteiger partial charge on any atom is -0.354 e. The number of hydrogen-bond acceptors (Lipinski definition) is 3. The summed E-state index contributed by atoms with van der Waals surface area (Å²) in [5.41, 5.74) is 5.82. The maximum absolute atomic E-state index is 11.7. The molecule has 0 aliphatic carbocycles. The minimum atomic E-state index is -0.456. The standard InChI is InChI=1S/C11H21N3O2/c1-3-7(2)10(12)11(16)14-8-4-5-9(15)13-6-8/h7-8,10H,3-6,12H2,1-2H3,(H,13,15)(H,14,16)/t7?,8?,10-/m0/s1. The van der Waals surface area contributed by atoms with Gasteiger partial charge in [0, 0.05) is 19.0 Å². The molecule has 0 aromatic carbocycles. The van der Waals surface area contributed by atoms with Gasteiger partial charge in [-0.1, -0.05) is 20.3 Å². The van der Waals surface area contributed by atoms with Crippen molar-refractivity contribution in [2.75, 3.05) is 6.54 Å². The predicted octanol–water partition coefficient (Wildman–Crippen LogP) is -0.245. The number of nitrogens with two attached hydrogens (primary N) is 1. The van der Waals surface area contributed by atoms with Gasteiger partial charge in [-0.15, -0.1) is 0 Å². The molecule has 4 N–H and O–H groups in total. The fourth-order valence-electron chi connectivity index (χ4n) is 1.67. The second kappa shape index (κ2) is 5.84. The summed E-state index contributed by atoms with van der Waals surface area (Å²) in [4.78, 5) is 22.7. The van der Waals surface area contributed by atoms with Crippen LogP contribution in [0.3, 0.4) is 0 Å². The molecule has 0 saturated carbocycles. The van der Waals surface area contributed by atoms with Crippen molar-refractivity contribution in [3.05, 3.63) is 0 Å². The highest BCUT2D eigenvalue weighted by molar-refractivity contribution is 5.82. The van der Waals surface area contributed by atoms with Gasteiger partial charge in [0.1, 0.15) is 0 Å². The highest BCUT2D eigenvalue weighted by Crippen LogP contribution is 2.07. The molecule has 1 fully saturated rings. The van der Waals surface area contributed by atoms with E-state index in [9.17, 15) is 9.59 Å². The van der Waals surface area contributed by atoms with Crippen LogP contribution in [0.5, 0.6) is 0 Å². The molecule has 2 amide bonds. The molecule has 5 heteroatoms. The van der Waals surface area contributed by atoms with Crippen LogP contribution < -0.4 is 16.4 Å². The SMILES string of the molecule is CCC(C)[C@H](N)C(=O)NC1CCC(=O)NC1. The number of nitrogens with one attached hydrogen (secondary N) is 2. The largest absolute Gasteiger partial charge is 0.354 e. The van der Waals surface area contributed by atoms with Crippen molar-refractivity contribution in [3.8, 4) is 0 Å². The Balaban J connectivity index is 2.36. The Bertz CT molecular complexity index is 258. The fraction of sp³-hybridized carbons (Fsp3) is 0.818. The van der Waals surface area contributed by atoms with Crippen molar-refractivity contribution in [2.45, 2.75) is 45.2 Å². The van der Waals surface area contributed by atoms with Crippen LogP contribution >= 0.6 is 0 Å². The lowest BCUT2D eigenvalue weighted by molar-refractivity contribution is -0.127. The summed E-state index contributed by atoms with van der Waals surface area (Å²) >= 11 is 0. The Labute approximate surface area is 96.1 Å². The molecule has 3 atom stereocenters. The third kappa shape index (κ3) is 3.48. The van der Waals surface area contributed by atoms with E-state index in [1.807, 2.05) is 13.8 Å². The summed E-state index contributed by atoms with van der Waals surface area (Å²) in [6.07, 6.45) is 2.06. The van der Waals surface area contributed by atoms with E-state index in [1.54, 1.807) is 0 Å². The van der Waals surface area contributed by atoms with Gasteiger partial charge in [-0.2, -0.15) is 0 Å². The summed E-state index contributed by atoms with van der Waals surface area (Å²) in [6.45, 7) is 4.49. The zero-order chi connectivity index (χ0) is 12.1. The third-order valence-corrected chi connectivity index (χ3v) is 3.17. The Kier molecular flexibility index (Phi) is 4.73.